The number of hydrogen-bond donors (Lipinski definition) is 2. The van der Waals surface area contributed by atoms with Crippen molar-refractivity contribution in [1.82, 2.24) is 14.9 Å². The molecule has 40 heavy (non-hydrogen) atoms. The third kappa shape index (κ3) is 7.76. The topological polar surface area (TPSA) is 78.5 Å². The lowest BCUT2D eigenvalue weighted by molar-refractivity contribution is -0.158. The van der Waals surface area contributed by atoms with Gasteiger partial charge in [-0.3, -0.25) is 9.69 Å². The molecule has 0 aromatic heterocycles. The van der Waals surface area contributed by atoms with Gasteiger partial charge in [-0.2, -0.15) is 31.1 Å². The summed E-state index contributed by atoms with van der Waals surface area (Å²) in [7, 11) is -5.02. The molecule has 0 spiro atoms. The maximum absolute atomic E-state index is 13.8. The second-order valence-electron chi connectivity index (χ2n) is 10.3. The molecule has 6 nitrogen and oxygen atoms in total. The lowest BCUT2D eigenvalue weighted by Crippen LogP contribution is -2.48. The van der Waals surface area contributed by atoms with Gasteiger partial charge in [-0.25, -0.2) is 8.42 Å². The first-order valence-corrected chi connectivity index (χ1v) is 14.6. The van der Waals surface area contributed by atoms with Gasteiger partial charge in [0.25, 0.3) is 0 Å². The molecule has 2 aromatic carbocycles. The molecule has 0 radical (unpaired) electrons. The summed E-state index contributed by atoms with van der Waals surface area (Å²) in [6.45, 7) is 2.88. The van der Waals surface area contributed by atoms with Gasteiger partial charge in [-0.05, 0) is 80.1 Å². The Hall–Kier alpha value is -2.64. The van der Waals surface area contributed by atoms with Crippen LogP contribution in [0.3, 0.4) is 0 Å². The summed E-state index contributed by atoms with van der Waals surface area (Å²) in [4.78, 5) is 14.1. The molecule has 1 heterocycles. The first-order chi connectivity index (χ1) is 18.7. The van der Waals surface area contributed by atoms with Crippen LogP contribution in [-0.2, 0) is 34.0 Å². The average Bonchev–Trinajstić information content (AvgIpc) is 2.88. The number of aryl methyl sites for hydroxylation is 1. The van der Waals surface area contributed by atoms with Crippen LogP contribution in [0.15, 0.2) is 47.4 Å². The molecule has 2 atom stereocenters. The van der Waals surface area contributed by atoms with E-state index in [0.29, 0.717) is 12.5 Å². The van der Waals surface area contributed by atoms with Crippen LogP contribution in [0.5, 0.6) is 0 Å². The Morgan fingerprint density at radius 3 is 2.38 bits per heavy atom. The van der Waals surface area contributed by atoms with E-state index in [0.717, 1.165) is 74.1 Å². The summed E-state index contributed by atoms with van der Waals surface area (Å²) in [6.07, 6.45) is -5.77. The summed E-state index contributed by atoms with van der Waals surface area (Å²) < 4.78 is 107. The summed E-state index contributed by atoms with van der Waals surface area (Å²) in [5, 5.41) is 2.60. The van der Waals surface area contributed by atoms with Crippen molar-refractivity contribution in [2.24, 2.45) is 0 Å². The molecule has 2 N–H and O–H groups in total. The first kappa shape index (κ1) is 30.3. The van der Waals surface area contributed by atoms with Crippen molar-refractivity contribution in [2.75, 3.05) is 13.1 Å². The number of carbonyl (C=O) groups is 1. The number of amides is 1. The summed E-state index contributed by atoms with van der Waals surface area (Å²) in [5.41, 5.74) is 1.64. The van der Waals surface area contributed by atoms with E-state index in [9.17, 15) is 39.6 Å². The van der Waals surface area contributed by atoms with Gasteiger partial charge in [0.2, 0.25) is 15.9 Å². The molecule has 220 valence electrons. The van der Waals surface area contributed by atoms with Crippen molar-refractivity contribution in [2.45, 2.75) is 80.8 Å². The van der Waals surface area contributed by atoms with Crippen molar-refractivity contribution in [3.05, 3.63) is 64.7 Å². The number of piperidine rings is 1. The Morgan fingerprint density at radius 1 is 0.975 bits per heavy atom. The van der Waals surface area contributed by atoms with Gasteiger partial charge in [-0.1, -0.05) is 30.7 Å². The lowest BCUT2D eigenvalue weighted by atomic mass is 9.86. The fourth-order valence-corrected chi connectivity index (χ4v) is 6.52. The standard InChI is InChI=1S/C27H31F6N3O3S/c28-26(29,30)20-7-5-8-21(15-20)40(38,39)35-24(27(31,32)33)16-25(37)34-23-9-4-6-19-14-18(10-11-22(19)23)17-36-12-2-1-3-13-36/h5,7-8,10-11,14-15,23-24,35H,1-4,6,9,12-13,16-17H2,(H,34,37)/t23-,24-/m1/s1. The highest BCUT2D eigenvalue weighted by Gasteiger charge is 2.44. The predicted molar refractivity (Wildman–Crippen MR) is 136 cm³/mol. The van der Waals surface area contributed by atoms with Crippen molar-refractivity contribution in [3.8, 4) is 0 Å². The van der Waals surface area contributed by atoms with Crippen molar-refractivity contribution < 1.29 is 39.6 Å². The summed E-state index contributed by atoms with van der Waals surface area (Å²) in [6, 6.07) is 4.94. The van der Waals surface area contributed by atoms with Gasteiger partial charge in [0.15, 0.2) is 0 Å². The monoisotopic (exact) mass is 591 g/mol. The van der Waals surface area contributed by atoms with Gasteiger partial charge in [0.05, 0.1) is 22.9 Å². The molecule has 1 amide bonds. The minimum Gasteiger partial charge on any atom is -0.349 e. The predicted octanol–water partition coefficient (Wildman–Crippen LogP) is 5.48. The number of carbonyl (C=O) groups excluding carboxylic acids is 1. The van der Waals surface area contributed by atoms with E-state index in [2.05, 4.69) is 16.3 Å². The molecule has 2 aliphatic rings. The first-order valence-electron chi connectivity index (χ1n) is 13.1. The van der Waals surface area contributed by atoms with E-state index < -0.39 is 57.2 Å². The number of hydrogen-bond acceptors (Lipinski definition) is 4. The van der Waals surface area contributed by atoms with Crippen molar-refractivity contribution >= 4 is 15.9 Å². The number of sulfonamides is 1. The third-order valence-electron chi connectivity index (χ3n) is 7.27. The highest BCUT2D eigenvalue weighted by molar-refractivity contribution is 7.89. The SMILES string of the molecule is O=C(C[C@@H](NS(=O)(=O)c1cccc(C(F)(F)F)c1)C(F)(F)F)N[C@@H]1CCCc2cc(CN3CCCCC3)ccc21. The van der Waals surface area contributed by atoms with Gasteiger partial charge in [-0.15, -0.1) is 0 Å². The minimum atomic E-state index is -5.17. The van der Waals surface area contributed by atoms with Gasteiger partial charge in [0.1, 0.15) is 6.04 Å². The van der Waals surface area contributed by atoms with Gasteiger partial charge < -0.3 is 5.32 Å². The van der Waals surface area contributed by atoms with E-state index >= 15 is 0 Å². The number of halogens is 6. The Balaban J connectivity index is 1.44. The Kier molecular flexibility index (Phi) is 9.15. The fourth-order valence-electron chi connectivity index (χ4n) is 5.25. The second kappa shape index (κ2) is 12.1. The van der Waals surface area contributed by atoms with E-state index in [1.165, 1.54) is 11.1 Å². The number of fused-ring (bicyclic) bond motifs is 1. The zero-order chi connectivity index (χ0) is 29.1. The van der Waals surface area contributed by atoms with Crippen LogP contribution < -0.4 is 10.0 Å². The number of alkyl halides is 6. The number of rotatable bonds is 8. The number of nitrogens with zero attached hydrogens (tertiary/aromatic N) is 1. The minimum absolute atomic E-state index is 0.244. The maximum atomic E-state index is 13.8. The van der Waals surface area contributed by atoms with E-state index in [-0.39, 0.29) is 6.07 Å². The molecular formula is C27H31F6N3O3S. The van der Waals surface area contributed by atoms with Crippen LogP contribution in [0, 0.1) is 0 Å². The molecule has 0 bridgehead atoms. The Morgan fingerprint density at radius 2 is 1.70 bits per heavy atom. The quantitative estimate of drug-likeness (QED) is 0.399. The Labute approximate surface area is 229 Å². The molecular weight excluding hydrogens is 560 g/mol. The van der Waals surface area contributed by atoms with E-state index in [4.69, 9.17) is 0 Å². The van der Waals surface area contributed by atoms with Crippen LogP contribution in [-0.4, -0.2) is 44.5 Å². The summed E-state index contributed by atoms with van der Waals surface area (Å²) in [5.74, 6) is -1.02. The van der Waals surface area contributed by atoms with Crippen LogP contribution >= 0.6 is 0 Å². The average molecular weight is 592 g/mol. The molecule has 1 aliphatic carbocycles. The zero-order valence-electron chi connectivity index (χ0n) is 21.6. The molecule has 1 saturated heterocycles. The highest BCUT2D eigenvalue weighted by atomic mass is 32.2. The Bertz CT molecular complexity index is 1310. The molecule has 13 heteroatoms. The highest BCUT2D eigenvalue weighted by Crippen LogP contribution is 2.33. The van der Waals surface area contributed by atoms with Gasteiger partial charge >= 0.3 is 12.4 Å². The van der Waals surface area contributed by atoms with Crippen LogP contribution in [0.25, 0.3) is 0 Å². The lowest BCUT2D eigenvalue weighted by Gasteiger charge is -2.30. The summed E-state index contributed by atoms with van der Waals surface area (Å²) >= 11 is 0. The molecule has 2 aromatic rings. The van der Waals surface area contributed by atoms with E-state index in [1.807, 2.05) is 12.1 Å². The normalized spacial score (nSPS) is 19.6. The van der Waals surface area contributed by atoms with Crippen molar-refractivity contribution in [3.63, 3.8) is 0 Å². The van der Waals surface area contributed by atoms with Crippen LogP contribution in [0.1, 0.15) is 66.8 Å². The van der Waals surface area contributed by atoms with Crippen LogP contribution in [0.4, 0.5) is 26.3 Å². The van der Waals surface area contributed by atoms with E-state index in [1.54, 1.807) is 0 Å². The molecule has 1 fully saturated rings. The third-order valence-corrected chi connectivity index (χ3v) is 8.73. The smallest absolute Gasteiger partial charge is 0.349 e. The number of likely N-dealkylation sites (tertiary alicyclic amines) is 1. The molecule has 4 rings (SSSR count). The second-order valence-corrected chi connectivity index (χ2v) is 12.0. The fraction of sp³-hybridized carbons (Fsp3) is 0.519. The number of benzene rings is 2. The van der Waals surface area contributed by atoms with Crippen LogP contribution in [0.2, 0.25) is 0 Å². The maximum Gasteiger partial charge on any atom is 0.416 e. The van der Waals surface area contributed by atoms with Crippen molar-refractivity contribution in [1.29, 1.82) is 0 Å². The largest absolute Gasteiger partial charge is 0.416 e. The van der Waals surface area contributed by atoms with Gasteiger partial charge in [0, 0.05) is 6.54 Å². The number of nitrogens with one attached hydrogen (secondary N) is 2. The molecule has 0 unspecified atom stereocenters. The molecule has 0 saturated carbocycles. The molecule has 1 aliphatic heterocycles. The zero-order valence-corrected chi connectivity index (χ0v) is 22.4.